The number of hydrogen-bond donors (Lipinski definition) is 4. The van der Waals surface area contributed by atoms with Crippen molar-refractivity contribution in [2.45, 2.75) is 51.6 Å². The average Bonchev–Trinajstić information content (AvgIpc) is 2.55. The zero-order valence-corrected chi connectivity index (χ0v) is 16.6. The van der Waals surface area contributed by atoms with Crippen molar-refractivity contribution in [3.8, 4) is 0 Å². The fourth-order valence-corrected chi connectivity index (χ4v) is 2.28. The first kappa shape index (κ1) is 24.7. The van der Waals surface area contributed by atoms with E-state index in [2.05, 4.69) is 38.3 Å². The van der Waals surface area contributed by atoms with Crippen LogP contribution < -0.4 is 10.6 Å². The molecule has 0 aromatic heterocycles. The Morgan fingerprint density at radius 1 is 0.600 bits per heavy atom. The summed E-state index contributed by atoms with van der Waals surface area (Å²) in [5.74, 6) is 0. The van der Waals surface area contributed by atoms with Crippen LogP contribution in [0.4, 0.5) is 0 Å². The van der Waals surface area contributed by atoms with Gasteiger partial charge in [0.1, 0.15) is 0 Å². The molecule has 0 spiro atoms. The molecule has 0 heterocycles. The van der Waals surface area contributed by atoms with Gasteiger partial charge in [-0.25, -0.2) is 0 Å². The smallest absolute Gasteiger partial charge is 0.0701 e. The summed E-state index contributed by atoms with van der Waals surface area (Å²) in [4.78, 5) is 0. The molecule has 0 rings (SSSR count). The van der Waals surface area contributed by atoms with Crippen molar-refractivity contribution in [2.75, 3.05) is 65.9 Å². The second kappa shape index (κ2) is 14.8. The zero-order chi connectivity index (χ0) is 19.0. The van der Waals surface area contributed by atoms with Gasteiger partial charge in [-0.1, -0.05) is 0 Å². The molecular formula is C18H40N2O5. The lowest BCUT2D eigenvalue weighted by atomic mass is 9.89. The van der Waals surface area contributed by atoms with E-state index >= 15 is 0 Å². The minimum absolute atomic E-state index is 0.0437. The summed E-state index contributed by atoms with van der Waals surface area (Å²) in [7, 11) is 0. The first-order chi connectivity index (χ1) is 11.8. The fourth-order valence-electron chi connectivity index (χ4n) is 2.28. The van der Waals surface area contributed by atoms with Crippen LogP contribution in [-0.2, 0) is 14.2 Å². The van der Waals surface area contributed by atoms with E-state index < -0.39 is 0 Å². The van der Waals surface area contributed by atoms with Gasteiger partial charge in [0.15, 0.2) is 0 Å². The lowest BCUT2D eigenvalue weighted by Gasteiger charge is -2.33. The highest BCUT2D eigenvalue weighted by molar-refractivity contribution is 4.85. The monoisotopic (exact) mass is 364 g/mol. The average molecular weight is 365 g/mol. The van der Waals surface area contributed by atoms with Crippen LogP contribution in [0, 0.1) is 0 Å². The van der Waals surface area contributed by atoms with Crippen molar-refractivity contribution < 1.29 is 24.4 Å². The maximum absolute atomic E-state index is 8.68. The predicted octanol–water partition coefficient (Wildman–Crippen LogP) is 0.537. The van der Waals surface area contributed by atoms with Crippen LogP contribution in [0.15, 0.2) is 0 Å². The number of hydrogen-bond acceptors (Lipinski definition) is 7. The summed E-state index contributed by atoms with van der Waals surface area (Å²) in [5.41, 5.74) is 0.0884. The molecule has 7 nitrogen and oxygen atoms in total. The summed E-state index contributed by atoms with van der Waals surface area (Å²) < 4.78 is 15.9. The van der Waals surface area contributed by atoms with Crippen LogP contribution in [0.5, 0.6) is 0 Å². The molecule has 0 aliphatic carbocycles. The normalized spacial score (nSPS) is 12.7. The van der Waals surface area contributed by atoms with E-state index in [4.69, 9.17) is 24.4 Å². The predicted molar refractivity (Wildman–Crippen MR) is 100 cm³/mol. The third-order valence-electron chi connectivity index (χ3n) is 3.92. The van der Waals surface area contributed by atoms with Crippen molar-refractivity contribution >= 4 is 0 Å². The lowest BCUT2D eigenvalue weighted by Crippen LogP contribution is -2.46. The highest BCUT2D eigenvalue weighted by atomic mass is 16.5. The van der Waals surface area contributed by atoms with Gasteiger partial charge in [-0.05, 0) is 40.5 Å². The molecule has 4 N–H and O–H groups in total. The largest absolute Gasteiger partial charge is 0.394 e. The highest BCUT2D eigenvalue weighted by Gasteiger charge is 2.23. The minimum Gasteiger partial charge on any atom is -0.394 e. The Hall–Kier alpha value is -0.280. The van der Waals surface area contributed by atoms with Crippen LogP contribution in [0.3, 0.4) is 0 Å². The Kier molecular flexibility index (Phi) is 14.7. The number of aliphatic hydroxyl groups is 2. The molecule has 0 saturated heterocycles. The summed E-state index contributed by atoms with van der Waals surface area (Å²) in [6, 6.07) is 0. The van der Waals surface area contributed by atoms with Crippen molar-refractivity contribution in [1.82, 2.24) is 10.6 Å². The van der Waals surface area contributed by atoms with Gasteiger partial charge < -0.3 is 35.1 Å². The molecule has 0 aliphatic heterocycles. The van der Waals surface area contributed by atoms with E-state index in [1.807, 2.05) is 0 Å². The first-order valence-electron chi connectivity index (χ1n) is 9.28. The molecule has 0 atom stereocenters. The molecule has 0 saturated carbocycles. The maximum Gasteiger partial charge on any atom is 0.0701 e. The topological polar surface area (TPSA) is 92.2 Å². The maximum atomic E-state index is 8.68. The molecule has 7 heteroatoms. The van der Waals surface area contributed by atoms with Gasteiger partial charge in [0, 0.05) is 24.2 Å². The second-order valence-electron chi connectivity index (χ2n) is 7.41. The van der Waals surface area contributed by atoms with Gasteiger partial charge in [0.05, 0.1) is 52.9 Å². The standard InChI is InChI=1S/C18H40N2O5/c1-17(2,19-7-11-23-13-9-21)5-6-18(3,4)20-8-12-24-15-16-25-14-10-22/h19-22H,5-16H2,1-4H3. The molecule has 0 aliphatic rings. The van der Waals surface area contributed by atoms with Crippen LogP contribution in [0.2, 0.25) is 0 Å². The van der Waals surface area contributed by atoms with Crippen molar-refractivity contribution in [3.63, 3.8) is 0 Å². The van der Waals surface area contributed by atoms with E-state index in [0.29, 0.717) is 39.6 Å². The van der Waals surface area contributed by atoms with Gasteiger partial charge in [-0.2, -0.15) is 0 Å². The summed E-state index contributed by atoms with van der Waals surface area (Å²) >= 11 is 0. The van der Waals surface area contributed by atoms with E-state index in [0.717, 1.165) is 25.9 Å². The lowest BCUT2D eigenvalue weighted by molar-refractivity contribution is 0.0327. The fraction of sp³-hybridized carbons (Fsp3) is 1.00. The molecule has 25 heavy (non-hydrogen) atoms. The van der Waals surface area contributed by atoms with Crippen LogP contribution in [-0.4, -0.2) is 87.2 Å². The molecule has 0 fully saturated rings. The van der Waals surface area contributed by atoms with Gasteiger partial charge in [-0.3, -0.25) is 0 Å². The quantitative estimate of drug-likeness (QED) is 0.264. The first-order valence-corrected chi connectivity index (χ1v) is 9.28. The molecule has 0 unspecified atom stereocenters. The Morgan fingerprint density at radius 2 is 0.960 bits per heavy atom. The molecule has 0 bridgehead atoms. The van der Waals surface area contributed by atoms with Crippen LogP contribution in [0.25, 0.3) is 0 Å². The Bertz CT molecular complexity index is 301. The van der Waals surface area contributed by atoms with Crippen LogP contribution >= 0.6 is 0 Å². The molecule has 0 amide bonds. The van der Waals surface area contributed by atoms with Gasteiger partial charge in [0.25, 0.3) is 0 Å². The number of rotatable bonds is 18. The Morgan fingerprint density at radius 3 is 1.36 bits per heavy atom. The van der Waals surface area contributed by atoms with E-state index in [1.54, 1.807) is 0 Å². The minimum atomic E-state index is 0.0437. The molecule has 152 valence electrons. The van der Waals surface area contributed by atoms with Gasteiger partial charge in [0.2, 0.25) is 0 Å². The van der Waals surface area contributed by atoms with Gasteiger partial charge >= 0.3 is 0 Å². The Balaban J connectivity index is 3.72. The van der Waals surface area contributed by atoms with Gasteiger partial charge in [-0.15, -0.1) is 0 Å². The number of nitrogens with one attached hydrogen (secondary N) is 2. The molecule has 0 aromatic rings. The summed E-state index contributed by atoms with van der Waals surface area (Å²) in [6.07, 6.45) is 2.09. The SMILES string of the molecule is CC(C)(CCC(C)(C)NCCOCCOCCO)NCCOCCO. The number of ether oxygens (including phenoxy) is 3. The molecule has 0 radical (unpaired) electrons. The summed E-state index contributed by atoms with van der Waals surface area (Å²) in [5, 5.41) is 24.3. The van der Waals surface area contributed by atoms with Crippen molar-refractivity contribution in [1.29, 1.82) is 0 Å². The summed E-state index contributed by atoms with van der Waals surface area (Å²) in [6.45, 7) is 13.6. The molecular weight excluding hydrogens is 324 g/mol. The third kappa shape index (κ3) is 16.9. The Labute approximate surface area is 153 Å². The van der Waals surface area contributed by atoms with Crippen molar-refractivity contribution in [2.24, 2.45) is 0 Å². The van der Waals surface area contributed by atoms with Crippen LogP contribution in [0.1, 0.15) is 40.5 Å². The zero-order valence-electron chi connectivity index (χ0n) is 16.6. The van der Waals surface area contributed by atoms with Crippen molar-refractivity contribution in [3.05, 3.63) is 0 Å². The second-order valence-corrected chi connectivity index (χ2v) is 7.41. The van der Waals surface area contributed by atoms with E-state index in [-0.39, 0.29) is 24.3 Å². The van der Waals surface area contributed by atoms with E-state index in [9.17, 15) is 0 Å². The highest BCUT2D eigenvalue weighted by Crippen LogP contribution is 2.18. The molecule has 0 aromatic carbocycles. The van der Waals surface area contributed by atoms with E-state index in [1.165, 1.54) is 0 Å². The third-order valence-corrected chi connectivity index (χ3v) is 3.92. The number of aliphatic hydroxyl groups excluding tert-OH is 2.